The van der Waals surface area contributed by atoms with E-state index in [4.69, 9.17) is 10.9 Å². The number of hydroxylamine groups is 1. The standard InChI is InChI=1S/C7H16N2O2/c1-5(2)3-6(8)4-7(10)9-11/h5-6,11H,3-4,8H2,1-2H3,(H,9,10)/t6-/m0/s1. The van der Waals surface area contributed by atoms with Gasteiger partial charge in [-0.1, -0.05) is 13.8 Å². The first-order valence-corrected chi connectivity index (χ1v) is 3.74. The third-order valence-corrected chi connectivity index (χ3v) is 1.35. The SMILES string of the molecule is CC(C)C[C@H](N)CC(=O)NO. The zero-order valence-corrected chi connectivity index (χ0v) is 7.00. The zero-order chi connectivity index (χ0) is 8.85. The van der Waals surface area contributed by atoms with Crippen LogP contribution in [-0.4, -0.2) is 17.2 Å². The van der Waals surface area contributed by atoms with Crippen molar-refractivity contribution in [1.29, 1.82) is 0 Å². The fourth-order valence-corrected chi connectivity index (χ4v) is 0.973. The molecule has 0 aliphatic rings. The molecule has 0 radical (unpaired) electrons. The Bertz CT molecular complexity index is 126. The van der Waals surface area contributed by atoms with E-state index >= 15 is 0 Å². The third-order valence-electron chi connectivity index (χ3n) is 1.35. The van der Waals surface area contributed by atoms with Gasteiger partial charge in [0.25, 0.3) is 0 Å². The molecule has 66 valence electrons. The first-order chi connectivity index (χ1) is 5.06. The summed E-state index contributed by atoms with van der Waals surface area (Å²) in [5.41, 5.74) is 7.13. The van der Waals surface area contributed by atoms with Crippen molar-refractivity contribution >= 4 is 5.91 Å². The molecule has 0 aliphatic carbocycles. The number of carbonyl (C=O) groups is 1. The highest BCUT2D eigenvalue weighted by Crippen LogP contribution is 2.04. The van der Waals surface area contributed by atoms with Crippen LogP contribution in [0.25, 0.3) is 0 Å². The van der Waals surface area contributed by atoms with Crippen LogP contribution in [0.1, 0.15) is 26.7 Å². The van der Waals surface area contributed by atoms with Crippen LogP contribution in [-0.2, 0) is 4.79 Å². The lowest BCUT2D eigenvalue weighted by Crippen LogP contribution is -2.30. The topological polar surface area (TPSA) is 75.4 Å². The molecule has 0 aliphatic heterocycles. The predicted octanol–water partition coefficient (Wildman–Crippen LogP) is 0.255. The first kappa shape index (κ1) is 10.4. The Morgan fingerprint density at radius 3 is 2.55 bits per heavy atom. The monoisotopic (exact) mass is 160 g/mol. The van der Waals surface area contributed by atoms with Crippen molar-refractivity contribution < 1.29 is 10.0 Å². The van der Waals surface area contributed by atoms with E-state index < -0.39 is 5.91 Å². The van der Waals surface area contributed by atoms with Gasteiger partial charge < -0.3 is 5.73 Å². The van der Waals surface area contributed by atoms with Gasteiger partial charge in [0.05, 0.1) is 0 Å². The zero-order valence-electron chi connectivity index (χ0n) is 7.00. The molecule has 0 rings (SSSR count). The van der Waals surface area contributed by atoms with E-state index in [1.165, 1.54) is 0 Å². The molecule has 0 fully saturated rings. The van der Waals surface area contributed by atoms with E-state index in [0.717, 1.165) is 6.42 Å². The maximum atomic E-state index is 10.6. The summed E-state index contributed by atoms with van der Waals surface area (Å²) in [6.07, 6.45) is 0.988. The van der Waals surface area contributed by atoms with Gasteiger partial charge in [-0.25, -0.2) is 5.48 Å². The second kappa shape index (κ2) is 5.09. The van der Waals surface area contributed by atoms with Crippen molar-refractivity contribution in [2.75, 3.05) is 0 Å². The molecule has 4 heteroatoms. The number of carbonyl (C=O) groups excluding carboxylic acids is 1. The van der Waals surface area contributed by atoms with E-state index in [-0.39, 0.29) is 12.5 Å². The molecule has 11 heavy (non-hydrogen) atoms. The molecule has 1 atom stereocenters. The van der Waals surface area contributed by atoms with Gasteiger partial charge in [0.2, 0.25) is 5.91 Å². The van der Waals surface area contributed by atoms with E-state index in [1.54, 1.807) is 5.48 Å². The summed E-state index contributed by atoms with van der Waals surface area (Å²) in [4.78, 5) is 10.6. The average molecular weight is 160 g/mol. The number of nitrogens with one attached hydrogen (secondary N) is 1. The second-order valence-electron chi connectivity index (χ2n) is 3.13. The molecule has 4 N–H and O–H groups in total. The summed E-state index contributed by atoms with van der Waals surface area (Å²) in [6, 6.07) is -0.151. The number of hydrogen-bond donors (Lipinski definition) is 3. The van der Waals surface area contributed by atoms with Gasteiger partial charge in [-0.15, -0.1) is 0 Å². The van der Waals surface area contributed by atoms with Crippen molar-refractivity contribution in [3.8, 4) is 0 Å². The normalized spacial score (nSPS) is 13.2. The minimum Gasteiger partial charge on any atom is -0.327 e. The minimum atomic E-state index is -0.418. The molecule has 4 nitrogen and oxygen atoms in total. The maximum absolute atomic E-state index is 10.6. The highest BCUT2D eigenvalue weighted by Gasteiger charge is 2.09. The van der Waals surface area contributed by atoms with Crippen LogP contribution in [0.4, 0.5) is 0 Å². The highest BCUT2D eigenvalue weighted by molar-refractivity contribution is 5.75. The quantitative estimate of drug-likeness (QED) is 0.408. The van der Waals surface area contributed by atoms with Crippen molar-refractivity contribution in [3.05, 3.63) is 0 Å². The lowest BCUT2D eigenvalue weighted by atomic mass is 10.0. The number of rotatable bonds is 4. The van der Waals surface area contributed by atoms with Gasteiger partial charge in [0.15, 0.2) is 0 Å². The lowest BCUT2D eigenvalue weighted by molar-refractivity contribution is -0.129. The maximum Gasteiger partial charge on any atom is 0.244 e. The Balaban J connectivity index is 3.51. The largest absolute Gasteiger partial charge is 0.327 e. The predicted molar refractivity (Wildman–Crippen MR) is 42.0 cm³/mol. The highest BCUT2D eigenvalue weighted by atomic mass is 16.5. The lowest BCUT2D eigenvalue weighted by Gasteiger charge is -2.11. The van der Waals surface area contributed by atoms with Crippen molar-refractivity contribution in [2.45, 2.75) is 32.7 Å². The molecule has 0 aromatic rings. The summed E-state index contributed by atoms with van der Waals surface area (Å²) in [6.45, 7) is 4.08. The first-order valence-electron chi connectivity index (χ1n) is 3.74. The molecule has 0 spiro atoms. The van der Waals surface area contributed by atoms with Crippen LogP contribution in [0.5, 0.6) is 0 Å². The van der Waals surface area contributed by atoms with E-state index in [9.17, 15) is 4.79 Å². The van der Waals surface area contributed by atoms with Gasteiger partial charge in [-0.05, 0) is 12.3 Å². The molecular formula is C7H16N2O2. The fourth-order valence-electron chi connectivity index (χ4n) is 0.973. The van der Waals surface area contributed by atoms with Crippen LogP contribution < -0.4 is 11.2 Å². The van der Waals surface area contributed by atoms with Gasteiger partial charge in [0.1, 0.15) is 0 Å². The van der Waals surface area contributed by atoms with Gasteiger partial charge in [0, 0.05) is 12.5 Å². The number of amides is 1. The molecule has 0 bridgehead atoms. The molecule has 0 aromatic carbocycles. The van der Waals surface area contributed by atoms with Gasteiger partial charge in [-0.2, -0.15) is 0 Å². The Labute approximate surface area is 66.7 Å². The van der Waals surface area contributed by atoms with Crippen LogP contribution in [0, 0.1) is 5.92 Å². The van der Waals surface area contributed by atoms with Crippen LogP contribution in [0.3, 0.4) is 0 Å². The molecule has 0 unspecified atom stereocenters. The van der Waals surface area contributed by atoms with Crippen molar-refractivity contribution in [3.63, 3.8) is 0 Å². The summed E-state index contributed by atoms with van der Waals surface area (Å²) in [5, 5.41) is 8.16. The van der Waals surface area contributed by atoms with E-state index in [2.05, 4.69) is 0 Å². The Kier molecular flexibility index (Phi) is 4.81. The van der Waals surface area contributed by atoms with Gasteiger partial charge in [-0.3, -0.25) is 10.0 Å². The molecule has 0 saturated carbocycles. The third kappa shape index (κ3) is 5.82. The summed E-state index contributed by atoms with van der Waals surface area (Å²) in [7, 11) is 0. The van der Waals surface area contributed by atoms with Crippen molar-refractivity contribution in [2.24, 2.45) is 11.7 Å². The number of hydrogen-bond acceptors (Lipinski definition) is 3. The minimum absolute atomic E-state index is 0.151. The summed E-state index contributed by atoms with van der Waals surface area (Å²) in [5.74, 6) is 0.0645. The van der Waals surface area contributed by atoms with Crippen LogP contribution in [0.15, 0.2) is 0 Å². The van der Waals surface area contributed by atoms with Gasteiger partial charge >= 0.3 is 0 Å². The molecule has 1 amide bonds. The Morgan fingerprint density at radius 2 is 2.18 bits per heavy atom. The summed E-state index contributed by atoms with van der Waals surface area (Å²) < 4.78 is 0. The fraction of sp³-hybridized carbons (Fsp3) is 0.857. The van der Waals surface area contributed by atoms with E-state index in [0.29, 0.717) is 5.92 Å². The van der Waals surface area contributed by atoms with Crippen LogP contribution in [0.2, 0.25) is 0 Å². The Morgan fingerprint density at radius 1 is 1.64 bits per heavy atom. The second-order valence-corrected chi connectivity index (χ2v) is 3.13. The molecule has 0 saturated heterocycles. The summed E-state index contributed by atoms with van der Waals surface area (Å²) >= 11 is 0. The molecule has 0 aromatic heterocycles. The van der Waals surface area contributed by atoms with Crippen LogP contribution >= 0.6 is 0 Å². The van der Waals surface area contributed by atoms with Crippen molar-refractivity contribution in [1.82, 2.24) is 5.48 Å². The Hall–Kier alpha value is -0.610. The smallest absolute Gasteiger partial charge is 0.244 e. The van der Waals surface area contributed by atoms with E-state index in [1.807, 2.05) is 13.8 Å². The molecular weight excluding hydrogens is 144 g/mol. The molecule has 0 heterocycles. The average Bonchev–Trinajstić information content (AvgIpc) is 1.85. The number of nitrogens with two attached hydrogens (primary N) is 1.